The molecule has 2 amide bonds. The molecule has 0 radical (unpaired) electrons. The monoisotopic (exact) mass is 264 g/mol. The molecule has 0 spiro atoms. The lowest BCUT2D eigenvalue weighted by molar-refractivity contribution is -0.131. The Balaban J connectivity index is 2.31. The largest absolute Gasteiger partial charge is 0.465 e. The van der Waals surface area contributed by atoms with Crippen molar-refractivity contribution >= 4 is 11.8 Å². The van der Waals surface area contributed by atoms with E-state index in [0.717, 1.165) is 11.3 Å². The molecule has 0 aliphatic carbocycles. The Kier molecular flexibility index (Phi) is 3.93. The third-order valence-corrected chi connectivity index (χ3v) is 3.44. The van der Waals surface area contributed by atoms with Gasteiger partial charge in [0.15, 0.2) is 0 Å². The van der Waals surface area contributed by atoms with Crippen LogP contribution in [-0.2, 0) is 17.8 Å². The maximum absolute atomic E-state index is 12.1. The van der Waals surface area contributed by atoms with Crippen molar-refractivity contribution in [2.24, 2.45) is 0 Å². The summed E-state index contributed by atoms with van der Waals surface area (Å²) in [6.07, 6.45) is 1.17. The van der Waals surface area contributed by atoms with Crippen LogP contribution in [0.4, 0.5) is 0 Å². The predicted molar refractivity (Wildman–Crippen MR) is 70.9 cm³/mol. The predicted octanol–water partition coefficient (Wildman–Crippen LogP) is 1.63. The van der Waals surface area contributed by atoms with Gasteiger partial charge in [-0.25, -0.2) is 0 Å². The third kappa shape index (κ3) is 2.50. The molecule has 19 heavy (non-hydrogen) atoms. The van der Waals surface area contributed by atoms with Gasteiger partial charge in [0.1, 0.15) is 11.5 Å². The van der Waals surface area contributed by atoms with E-state index in [9.17, 15) is 9.59 Å². The van der Waals surface area contributed by atoms with Crippen molar-refractivity contribution in [1.82, 2.24) is 10.2 Å². The standard InChI is InChI=1S/C14H20N2O3/c1-4-12(17)16-7-6-11-10(8-16)13(9(3)19-11)14(18)15-5-2/h4-8H2,1-3H3,(H,15,18). The number of fused-ring (bicyclic) bond motifs is 1. The quantitative estimate of drug-likeness (QED) is 0.902. The molecule has 0 saturated carbocycles. The number of hydrogen-bond acceptors (Lipinski definition) is 3. The molecule has 104 valence electrons. The number of carbonyl (C=O) groups is 2. The van der Waals surface area contributed by atoms with Crippen LogP contribution in [0.1, 0.15) is 47.7 Å². The zero-order valence-corrected chi connectivity index (χ0v) is 11.7. The van der Waals surface area contributed by atoms with E-state index in [-0.39, 0.29) is 11.8 Å². The summed E-state index contributed by atoms with van der Waals surface area (Å²) in [4.78, 5) is 25.6. The lowest BCUT2D eigenvalue weighted by Gasteiger charge is -2.26. The van der Waals surface area contributed by atoms with Crippen LogP contribution in [0.2, 0.25) is 0 Å². The summed E-state index contributed by atoms with van der Waals surface area (Å²) in [7, 11) is 0. The van der Waals surface area contributed by atoms with Crippen molar-refractivity contribution in [1.29, 1.82) is 0 Å². The Hall–Kier alpha value is -1.78. The van der Waals surface area contributed by atoms with Gasteiger partial charge < -0.3 is 14.6 Å². The molecule has 5 heteroatoms. The van der Waals surface area contributed by atoms with Gasteiger partial charge in [-0.3, -0.25) is 9.59 Å². The molecule has 0 saturated heterocycles. The molecule has 2 heterocycles. The van der Waals surface area contributed by atoms with Crippen molar-refractivity contribution in [2.45, 2.75) is 40.2 Å². The summed E-state index contributed by atoms with van der Waals surface area (Å²) in [6.45, 7) is 7.26. The molecule has 0 aromatic carbocycles. The van der Waals surface area contributed by atoms with E-state index in [0.29, 0.717) is 43.8 Å². The maximum atomic E-state index is 12.1. The van der Waals surface area contributed by atoms with E-state index in [1.807, 2.05) is 13.8 Å². The molecule has 0 bridgehead atoms. The van der Waals surface area contributed by atoms with Crippen molar-refractivity contribution < 1.29 is 14.0 Å². The van der Waals surface area contributed by atoms with Gasteiger partial charge in [-0.15, -0.1) is 0 Å². The van der Waals surface area contributed by atoms with Crippen molar-refractivity contribution in [2.75, 3.05) is 13.1 Å². The van der Waals surface area contributed by atoms with Crippen LogP contribution in [0, 0.1) is 6.92 Å². The van der Waals surface area contributed by atoms with Gasteiger partial charge in [0, 0.05) is 38.0 Å². The Morgan fingerprint density at radius 2 is 2.11 bits per heavy atom. The van der Waals surface area contributed by atoms with Crippen LogP contribution in [0.5, 0.6) is 0 Å². The Morgan fingerprint density at radius 1 is 1.37 bits per heavy atom. The summed E-state index contributed by atoms with van der Waals surface area (Å²) < 4.78 is 5.67. The topological polar surface area (TPSA) is 62.6 Å². The van der Waals surface area contributed by atoms with Gasteiger partial charge in [0.25, 0.3) is 5.91 Å². The third-order valence-electron chi connectivity index (χ3n) is 3.44. The summed E-state index contributed by atoms with van der Waals surface area (Å²) >= 11 is 0. The van der Waals surface area contributed by atoms with E-state index in [2.05, 4.69) is 5.32 Å². The number of amides is 2. The summed E-state index contributed by atoms with van der Waals surface area (Å²) in [6, 6.07) is 0. The number of aryl methyl sites for hydroxylation is 1. The number of carbonyl (C=O) groups excluding carboxylic acids is 2. The average molecular weight is 264 g/mol. The van der Waals surface area contributed by atoms with Crippen LogP contribution in [0.25, 0.3) is 0 Å². The Bertz CT molecular complexity index is 505. The minimum absolute atomic E-state index is 0.115. The normalized spacial score (nSPS) is 14.2. The first-order valence-electron chi connectivity index (χ1n) is 6.75. The van der Waals surface area contributed by atoms with E-state index in [1.165, 1.54) is 0 Å². The number of furan rings is 1. The van der Waals surface area contributed by atoms with Crippen LogP contribution in [-0.4, -0.2) is 29.8 Å². The summed E-state index contributed by atoms with van der Waals surface area (Å²) in [5.74, 6) is 1.49. The van der Waals surface area contributed by atoms with Gasteiger partial charge in [-0.1, -0.05) is 6.92 Å². The summed E-state index contributed by atoms with van der Waals surface area (Å²) in [5.41, 5.74) is 1.47. The highest BCUT2D eigenvalue weighted by Crippen LogP contribution is 2.28. The van der Waals surface area contributed by atoms with Crippen molar-refractivity contribution in [3.8, 4) is 0 Å². The minimum Gasteiger partial charge on any atom is -0.465 e. The fraction of sp³-hybridized carbons (Fsp3) is 0.571. The maximum Gasteiger partial charge on any atom is 0.255 e. The van der Waals surface area contributed by atoms with Crippen molar-refractivity contribution in [3.63, 3.8) is 0 Å². The first-order chi connectivity index (χ1) is 9.08. The van der Waals surface area contributed by atoms with E-state index in [4.69, 9.17) is 4.42 Å². The highest BCUT2D eigenvalue weighted by Gasteiger charge is 2.29. The van der Waals surface area contributed by atoms with Gasteiger partial charge in [0.05, 0.1) is 5.56 Å². The number of hydrogen-bond donors (Lipinski definition) is 1. The molecule has 0 fully saturated rings. The highest BCUT2D eigenvalue weighted by atomic mass is 16.3. The molecule has 1 N–H and O–H groups in total. The first-order valence-corrected chi connectivity index (χ1v) is 6.75. The Labute approximate surface area is 113 Å². The molecule has 1 aliphatic rings. The second-order valence-electron chi connectivity index (χ2n) is 4.71. The lowest BCUT2D eigenvalue weighted by atomic mass is 10.0. The fourth-order valence-electron chi connectivity index (χ4n) is 2.51. The molecule has 1 aromatic heterocycles. The summed E-state index contributed by atoms with van der Waals surface area (Å²) in [5, 5.41) is 2.79. The molecular weight excluding hydrogens is 244 g/mol. The molecule has 2 rings (SSSR count). The van der Waals surface area contributed by atoms with Crippen LogP contribution in [0.3, 0.4) is 0 Å². The van der Waals surface area contributed by atoms with Gasteiger partial charge in [0.2, 0.25) is 5.91 Å². The number of nitrogens with one attached hydrogen (secondary N) is 1. The second kappa shape index (κ2) is 5.47. The molecule has 5 nitrogen and oxygen atoms in total. The Morgan fingerprint density at radius 3 is 2.74 bits per heavy atom. The van der Waals surface area contributed by atoms with Gasteiger partial charge >= 0.3 is 0 Å². The molecule has 0 atom stereocenters. The second-order valence-corrected chi connectivity index (χ2v) is 4.71. The molecule has 1 aliphatic heterocycles. The van der Waals surface area contributed by atoms with E-state index in [1.54, 1.807) is 11.8 Å². The van der Waals surface area contributed by atoms with Gasteiger partial charge in [-0.05, 0) is 13.8 Å². The lowest BCUT2D eigenvalue weighted by Crippen LogP contribution is -2.36. The van der Waals surface area contributed by atoms with Crippen LogP contribution < -0.4 is 5.32 Å². The van der Waals surface area contributed by atoms with E-state index < -0.39 is 0 Å². The zero-order chi connectivity index (χ0) is 14.0. The van der Waals surface area contributed by atoms with Crippen molar-refractivity contribution in [3.05, 3.63) is 22.6 Å². The number of rotatable bonds is 3. The smallest absolute Gasteiger partial charge is 0.255 e. The zero-order valence-electron chi connectivity index (χ0n) is 11.7. The highest BCUT2D eigenvalue weighted by molar-refractivity contribution is 5.97. The molecule has 1 aromatic rings. The molecule has 0 unspecified atom stereocenters. The van der Waals surface area contributed by atoms with Crippen LogP contribution >= 0.6 is 0 Å². The number of nitrogens with zero attached hydrogens (tertiary/aromatic N) is 1. The average Bonchev–Trinajstić information content (AvgIpc) is 2.72. The van der Waals surface area contributed by atoms with E-state index >= 15 is 0 Å². The fourth-order valence-corrected chi connectivity index (χ4v) is 2.51. The molecular formula is C14H20N2O3. The van der Waals surface area contributed by atoms with Crippen LogP contribution in [0.15, 0.2) is 4.42 Å². The van der Waals surface area contributed by atoms with Gasteiger partial charge in [-0.2, -0.15) is 0 Å². The minimum atomic E-state index is -0.115. The first kappa shape index (κ1) is 13.6. The SMILES string of the molecule is CCNC(=O)c1c(C)oc2c1CN(C(=O)CC)CC2.